The number of carbonyl (C=O) groups is 2. The number of fused-ring (bicyclic) bond motifs is 1. The Morgan fingerprint density at radius 3 is 2.31 bits per heavy atom. The van der Waals surface area contributed by atoms with E-state index in [1.165, 1.54) is 18.3 Å². The average Bonchev–Trinajstić information content (AvgIpc) is 3.50. The van der Waals surface area contributed by atoms with Gasteiger partial charge in [0, 0.05) is 44.7 Å². The summed E-state index contributed by atoms with van der Waals surface area (Å²) >= 11 is 3.33. The number of anilines is 4. The normalized spacial score (nSPS) is 10.8. The molecule has 0 unspecified atom stereocenters. The smallest absolute Gasteiger partial charge is 0.870 e. The van der Waals surface area contributed by atoms with Crippen LogP contribution in [-0.2, 0) is 5.41 Å². The first-order chi connectivity index (χ1) is 23.5. The van der Waals surface area contributed by atoms with E-state index in [0.29, 0.717) is 33.2 Å². The van der Waals surface area contributed by atoms with Crippen molar-refractivity contribution < 1.29 is 48.5 Å². The molecular weight excluding hydrogens is 713 g/mol. The Morgan fingerprint density at radius 2 is 1.63 bits per heavy atom. The average molecular weight is 747 g/mol. The van der Waals surface area contributed by atoms with Crippen molar-refractivity contribution in [1.82, 2.24) is 19.7 Å². The molecule has 0 bridgehead atoms. The van der Waals surface area contributed by atoms with Crippen molar-refractivity contribution in [2.75, 3.05) is 23.1 Å². The number of nitrogens with zero attached hydrogens (tertiary/aromatic N) is 4. The van der Waals surface area contributed by atoms with Crippen LogP contribution in [0.25, 0.3) is 16.5 Å². The molecule has 0 fully saturated rings. The number of amides is 2. The molecule has 51 heavy (non-hydrogen) atoms. The summed E-state index contributed by atoms with van der Waals surface area (Å²) in [6, 6.07) is 26.2. The van der Waals surface area contributed by atoms with Crippen molar-refractivity contribution in [3.05, 3.63) is 113 Å². The summed E-state index contributed by atoms with van der Waals surface area (Å²) < 4.78 is 13.8. The van der Waals surface area contributed by atoms with E-state index in [1.54, 1.807) is 36.1 Å². The Bertz CT molecular complexity index is 2190. The van der Waals surface area contributed by atoms with Crippen LogP contribution in [-0.4, -0.2) is 49.4 Å². The predicted molar refractivity (Wildman–Crippen MR) is 194 cm³/mol. The topological polar surface area (TPSA) is 183 Å². The Labute approximate surface area is 314 Å². The van der Waals surface area contributed by atoms with Crippen LogP contribution >= 0.6 is 15.9 Å². The van der Waals surface area contributed by atoms with E-state index in [0.717, 1.165) is 22.2 Å². The largest absolute Gasteiger partial charge is 1.00 e. The van der Waals surface area contributed by atoms with Gasteiger partial charge in [-0.2, -0.15) is 10.1 Å². The maximum Gasteiger partial charge on any atom is 1.00 e. The van der Waals surface area contributed by atoms with Crippen LogP contribution in [0.1, 0.15) is 36.8 Å². The fraction of sp³-hybridized carbons (Fsp3) is 0.139. The molecule has 6 aromatic rings. The number of nitrogens with one attached hydrogen (secondary N) is 3. The zero-order chi connectivity index (χ0) is 34.7. The van der Waals surface area contributed by atoms with Gasteiger partial charge in [-0.05, 0) is 54.6 Å². The van der Waals surface area contributed by atoms with Gasteiger partial charge in [0.05, 0.1) is 29.7 Å². The van der Waals surface area contributed by atoms with Gasteiger partial charge in [0.2, 0.25) is 11.8 Å². The van der Waals surface area contributed by atoms with Gasteiger partial charge in [-0.25, -0.2) is 19.3 Å². The van der Waals surface area contributed by atoms with Crippen molar-refractivity contribution in [3.8, 4) is 23.1 Å². The summed E-state index contributed by atoms with van der Waals surface area (Å²) in [4.78, 5) is 33.6. The van der Waals surface area contributed by atoms with Gasteiger partial charge in [-0.3, -0.25) is 5.32 Å². The molecule has 256 valence electrons. The van der Waals surface area contributed by atoms with Crippen molar-refractivity contribution in [1.29, 1.82) is 0 Å². The minimum Gasteiger partial charge on any atom is -0.870 e. The molecule has 2 amide bonds. The van der Waals surface area contributed by atoms with Gasteiger partial charge in [0.25, 0.3) is 0 Å². The number of aromatic carboxylic acids is 1. The molecule has 2 heterocycles. The number of benzene rings is 4. The second kappa shape index (κ2) is 16.1. The third-order valence-electron chi connectivity index (χ3n) is 7.41. The molecule has 0 atom stereocenters. The van der Waals surface area contributed by atoms with Gasteiger partial charge in [0.1, 0.15) is 17.3 Å². The quantitative estimate of drug-likeness (QED) is 0.136. The van der Waals surface area contributed by atoms with Gasteiger partial charge in [0.15, 0.2) is 0 Å². The number of aromatic nitrogens is 4. The van der Waals surface area contributed by atoms with Crippen LogP contribution in [0.3, 0.4) is 0 Å². The number of urea groups is 1. The van der Waals surface area contributed by atoms with Gasteiger partial charge >= 0.3 is 30.9 Å². The number of methoxy groups -OCH3 is 1. The number of ether oxygens (including phenoxy) is 2. The molecule has 13 nitrogen and oxygen atoms in total. The summed E-state index contributed by atoms with van der Waals surface area (Å²) in [6.45, 7) is 6.18. The van der Waals surface area contributed by atoms with E-state index in [9.17, 15) is 14.7 Å². The molecule has 4 aromatic carbocycles. The van der Waals surface area contributed by atoms with Crippen molar-refractivity contribution in [2.45, 2.75) is 26.2 Å². The van der Waals surface area contributed by atoms with Crippen LogP contribution < -0.4 is 44.3 Å². The molecule has 0 saturated heterocycles. The van der Waals surface area contributed by atoms with Crippen LogP contribution in [0.2, 0.25) is 0 Å². The van der Waals surface area contributed by atoms with E-state index < -0.39 is 12.0 Å². The molecule has 2 aromatic heterocycles. The molecule has 0 aliphatic heterocycles. The maximum atomic E-state index is 13.4. The Balaban J connectivity index is 0.00000292. The number of hydrogen-bond donors (Lipinski definition) is 4. The summed E-state index contributed by atoms with van der Waals surface area (Å²) in [5.74, 6) is 1.15. The van der Waals surface area contributed by atoms with E-state index in [2.05, 4.69) is 62.6 Å². The number of halogens is 1. The number of carboxylic acids is 1. The van der Waals surface area contributed by atoms with E-state index in [-0.39, 0.29) is 47.1 Å². The summed E-state index contributed by atoms with van der Waals surface area (Å²) in [6.07, 6.45) is 1.53. The number of hydrogen-bond acceptors (Lipinski definition) is 9. The van der Waals surface area contributed by atoms with Gasteiger partial charge in [-0.1, -0.05) is 61.0 Å². The van der Waals surface area contributed by atoms with Crippen LogP contribution in [0.5, 0.6) is 17.4 Å². The van der Waals surface area contributed by atoms with Gasteiger partial charge in [-0.15, -0.1) is 0 Å². The van der Waals surface area contributed by atoms with Crippen molar-refractivity contribution in [3.63, 3.8) is 0 Å². The second-order valence-electron chi connectivity index (χ2n) is 12.0. The van der Waals surface area contributed by atoms with Crippen LogP contribution in [0.15, 0.2) is 102 Å². The molecule has 0 spiro atoms. The third-order valence-corrected chi connectivity index (χ3v) is 7.87. The summed E-state index contributed by atoms with van der Waals surface area (Å²) in [5.41, 5.74) is 2.50. The van der Waals surface area contributed by atoms with Crippen LogP contribution in [0, 0.1) is 0 Å². The number of carboxylic acid groups (broad SMARTS) is 1. The molecule has 0 radical (unpaired) electrons. The zero-order valence-electron chi connectivity index (χ0n) is 28.4. The Kier molecular flexibility index (Phi) is 12.1. The van der Waals surface area contributed by atoms with E-state index in [1.807, 2.05) is 54.6 Å². The zero-order valence-corrected chi connectivity index (χ0v) is 30.0. The summed E-state index contributed by atoms with van der Waals surface area (Å²) in [7, 11) is 1.61. The second-order valence-corrected chi connectivity index (χ2v) is 12.9. The summed E-state index contributed by atoms with van der Waals surface area (Å²) in [5, 5.41) is 24.6. The predicted octanol–water partition coefficient (Wildman–Crippen LogP) is 5.59. The monoisotopic (exact) mass is 745 g/mol. The Hall–Kier alpha value is -5.39. The minimum absolute atomic E-state index is 0. The molecule has 0 saturated carbocycles. The van der Waals surface area contributed by atoms with E-state index >= 15 is 0 Å². The third kappa shape index (κ3) is 9.05. The van der Waals surface area contributed by atoms with Crippen LogP contribution in [0.4, 0.5) is 27.9 Å². The number of carbonyl (C=O) groups excluding carboxylic acids is 1. The fourth-order valence-electron chi connectivity index (χ4n) is 4.98. The van der Waals surface area contributed by atoms with Gasteiger partial charge < -0.3 is 30.7 Å². The molecule has 5 N–H and O–H groups in total. The Morgan fingerprint density at radius 1 is 0.902 bits per heavy atom. The first-order valence-corrected chi connectivity index (χ1v) is 15.9. The SMILES string of the molecule is COc1ccc(-n2nc(C(C)(C)C)cc2NC(=O)Nc2ccc(Oc3ccnc(Nc4cc(Br)cc(C(=O)O)c4)n3)c3ccccc23)cc1.[Li+].[OH-]. The molecule has 0 aliphatic rings. The molecule has 6 rings (SSSR count). The molecule has 15 heteroatoms. The maximum absolute atomic E-state index is 13.4. The van der Waals surface area contributed by atoms with E-state index in [4.69, 9.17) is 14.6 Å². The first-order valence-electron chi connectivity index (χ1n) is 15.1. The molecule has 0 aliphatic carbocycles. The van der Waals surface area contributed by atoms with Crippen molar-refractivity contribution >= 4 is 61.8 Å². The van der Waals surface area contributed by atoms with Crippen molar-refractivity contribution in [2.24, 2.45) is 0 Å². The first kappa shape index (κ1) is 38.4. The standard InChI is InChI=1S/C36H32BrN7O5.Li.H2O/c1-36(2,3)30-20-31(44(43-30)24-9-11-25(48-4)12-10-24)41-35(47)40-28-13-14-29(27-8-6-5-7-26(27)28)49-32-15-16-38-34(42-32)39-23-18-21(33(45)46)17-22(37)19-23;;/h5-20H,1-4H3,(H,45,46)(H,38,39,42)(H2,40,41,47);;1H2/q;+1;/p-1. The molecular formula is C36H33BrLiN7O6. The fourth-order valence-corrected chi connectivity index (χ4v) is 5.48. The minimum atomic E-state index is -1.06. The number of rotatable bonds is 9.